The molecule has 0 N–H and O–H groups in total. The van der Waals surface area contributed by atoms with E-state index in [1.807, 2.05) is 7.05 Å². The molecule has 1 rings (SSSR count). The van der Waals surface area contributed by atoms with Crippen molar-refractivity contribution >= 4 is 5.71 Å². The van der Waals surface area contributed by atoms with Crippen molar-refractivity contribution in [3.05, 3.63) is 11.8 Å². The van der Waals surface area contributed by atoms with Gasteiger partial charge in [0.25, 0.3) is 0 Å². The summed E-state index contributed by atoms with van der Waals surface area (Å²) in [6.07, 6.45) is 5.30. The van der Waals surface area contributed by atoms with E-state index in [0.717, 1.165) is 37.3 Å². The van der Waals surface area contributed by atoms with Crippen LogP contribution in [0.4, 0.5) is 0 Å². The summed E-state index contributed by atoms with van der Waals surface area (Å²) in [4.78, 5) is 4.17. The van der Waals surface area contributed by atoms with Crippen LogP contribution < -0.4 is 0 Å². The van der Waals surface area contributed by atoms with E-state index in [0.29, 0.717) is 0 Å². The smallest absolute Gasteiger partial charge is 0.136 e. The highest BCUT2D eigenvalue weighted by molar-refractivity contribution is 5.98. The molecular weight excluding hydrogens is 138 g/mol. The second-order valence-corrected chi connectivity index (χ2v) is 2.60. The lowest BCUT2D eigenvalue weighted by molar-refractivity contribution is 0.213. The third-order valence-electron chi connectivity index (χ3n) is 1.76. The normalized spacial score (nSPS) is 25.6. The number of rotatable bonds is 1. The topological polar surface area (TPSA) is 21.6 Å². The van der Waals surface area contributed by atoms with Crippen LogP contribution >= 0.6 is 0 Å². The number of allylic oxidation sites excluding steroid dienone is 2. The molecule has 62 valence electrons. The van der Waals surface area contributed by atoms with Crippen molar-refractivity contribution in [1.29, 1.82) is 0 Å². The average Bonchev–Trinajstić information content (AvgIpc) is 2.06. The second kappa shape index (κ2) is 4.16. The molecule has 11 heavy (non-hydrogen) atoms. The predicted molar refractivity (Wildman–Crippen MR) is 46.9 cm³/mol. The summed E-state index contributed by atoms with van der Waals surface area (Å²) in [5.41, 5.74) is 1.12. The minimum Gasteiger partial charge on any atom is -0.492 e. The molecule has 0 aliphatic carbocycles. The highest BCUT2D eigenvalue weighted by Gasteiger charge is 2.12. The third-order valence-corrected chi connectivity index (χ3v) is 1.76. The number of nitrogens with zero attached hydrogens (tertiary/aromatic N) is 1. The number of ether oxygens (including phenoxy) is 1. The average molecular weight is 153 g/mol. The van der Waals surface area contributed by atoms with Gasteiger partial charge in [0.05, 0.1) is 12.3 Å². The van der Waals surface area contributed by atoms with Gasteiger partial charge in [0, 0.05) is 7.05 Å². The fourth-order valence-corrected chi connectivity index (χ4v) is 1.21. The maximum absolute atomic E-state index is 5.45. The van der Waals surface area contributed by atoms with Crippen molar-refractivity contribution in [2.75, 3.05) is 13.7 Å². The van der Waals surface area contributed by atoms with Crippen LogP contribution in [-0.4, -0.2) is 19.4 Å². The summed E-state index contributed by atoms with van der Waals surface area (Å²) in [5, 5.41) is 0. The zero-order valence-corrected chi connectivity index (χ0v) is 7.26. The molecule has 0 bridgehead atoms. The maximum Gasteiger partial charge on any atom is 0.136 e. The van der Waals surface area contributed by atoms with Crippen molar-refractivity contribution in [2.24, 2.45) is 4.99 Å². The van der Waals surface area contributed by atoms with E-state index in [-0.39, 0.29) is 0 Å². The van der Waals surface area contributed by atoms with Gasteiger partial charge >= 0.3 is 0 Å². The Hall–Kier alpha value is -0.790. The number of hydrogen-bond donors (Lipinski definition) is 0. The summed E-state index contributed by atoms with van der Waals surface area (Å²) in [6.45, 7) is 2.96. The van der Waals surface area contributed by atoms with Crippen LogP contribution in [0.25, 0.3) is 0 Å². The van der Waals surface area contributed by atoms with Gasteiger partial charge in [-0.25, -0.2) is 0 Å². The Labute approximate surface area is 68.0 Å². The lowest BCUT2D eigenvalue weighted by Gasteiger charge is -2.17. The van der Waals surface area contributed by atoms with Crippen LogP contribution in [0, 0.1) is 0 Å². The fourth-order valence-electron chi connectivity index (χ4n) is 1.21. The molecule has 0 aromatic heterocycles. The summed E-state index contributed by atoms with van der Waals surface area (Å²) in [7, 11) is 1.83. The molecule has 1 fully saturated rings. The Morgan fingerprint density at radius 2 is 2.45 bits per heavy atom. The Kier molecular flexibility index (Phi) is 3.14. The van der Waals surface area contributed by atoms with Crippen molar-refractivity contribution < 1.29 is 4.74 Å². The van der Waals surface area contributed by atoms with Gasteiger partial charge in [-0.15, -0.1) is 0 Å². The first kappa shape index (κ1) is 8.31. The summed E-state index contributed by atoms with van der Waals surface area (Å²) >= 11 is 0. The number of hydrogen-bond acceptors (Lipinski definition) is 2. The van der Waals surface area contributed by atoms with Crippen molar-refractivity contribution in [1.82, 2.24) is 0 Å². The van der Waals surface area contributed by atoms with Gasteiger partial charge in [-0.05, 0) is 25.3 Å². The van der Waals surface area contributed by atoms with Crippen LogP contribution in [0.3, 0.4) is 0 Å². The molecular formula is C9H15NO. The first-order valence-electron chi connectivity index (χ1n) is 4.17. The van der Waals surface area contributed by atoms with Gasteiger partial charge in [0.15, 0.2) is 0 Å². The highest BCUT2D eigenvalue weighted by Crippen LogP contribution is 2.14. The van der Waals surface area contributed by atoms with E-state index in [9.17, 15) is 0 Å². The van der Waals surface area contributed by atoms with Crippen LogP contribution in [-0.2, 0) is 4.74 Å². The molecule has 0 spiro atoms. The molecule has 0 atom stereocenters. The Balaban J connectivity index is 2.67. The first-order valence-corrected chi connectivity index (χ1v) is 4.17. The Bertz CT molecular complexity index is 182. The highest BCUT2D eigenvalue weighted by atomic mass is 16.5. The molecule has 0 unspecified atom stereocenters. The first-order chi connectivity index (χ1) is 5.38. The molecule has 1 aliphatic rings. The van der Waals surface area contributed by atoms with E-state index in [4.69, 9.17) is 4.74 Å². The molecule has 1 saturated heterocycles. The fraction of sp³-hybridized carbons (Fsp3) is 0.667. The van der Waals surface area contributed by atoms with Crippen LogP contribution in [0.2, 0.25) is 0 Å². The van der Waals surface area contributed by atoms with Crippen LogP contribution in [0.5, 0.6) is 0 Å². The summed E-state index contributed by atoms with van der Waals surface area (Å²) in [5.74, 6) is 1.00. The standard InChI is InChI=1S/C9H15NO/c1-3-5-9-8(10-2)6-4-7-11-9/h5H,3-4,6-7H2,1-2H3/b9-5+,10-8?. The van der Waals surface area contributed by atoms with E-state index in [2.05, 4.69) is 18.0 Å². The van der Waals surface area contributed by atoms with E-state index < -0.39 is 0 Å². The van der Waals surface area contributed by atoms with Crippen molar-refractivity contribution in [3.63, 3.8) is 0 Å². The molecule has 2 nitrogen and oxygen atoms in total. The van der Waals surface area contributed by atoms with Gasteiger partial charge in [0.1, 0.15) is 5.76 Å². The molecule has 1 aliphatic heterocycles. The molecule has 0 amide bonds. The summed E-state index contributed by atoms with van der Waals surface area (Å²) in [6, 6.07) is 0. The molecule has 0 aromatic carbocycles. The van der Waals surface area contributed by atoms with Crippen LogP contribution in [0.1, 0.15) is 26.2 Å². The minimum atomic E-state index is 0.852. The molecule has 1 heterocycles. The predicted octanol–water partition coefficient (Wildman–Crippen LogP) is 2.16. The zero-order valence-electron chi connectivity index (χ0n) is 7.26. The SMILES string of the molecule is CC/C=C1/OCCCC1=NC. The van der Waals surface area contributed by atoms with Crippen LogP contribution in [0.15, 0.2) is 16.8 Å². The van der Waals surface area contributed by atoms with Gasteiger partial charge in [-0.1, -0.05) is 6.92 Å². The molecule has 0 aromatic rings. The minimum absolute atomic E-state index is 0.852. The van der Waals surface area contributed by atoms with Crippen molar-refractivity contribution in [2.45, 2.75) is 26.2 Å². The Morgan fingerprint density at radius 1 is 1.64 bits per heavy atom. The number of aliphatic imine (C=N–C) groups is 1. The lowest BCUT2D eigenvalue weighted by Crippen LogP contribution is -2.14. The van der Waals surface area contributed by atoms with E-state index in [1.54, 1.807) is 0 Å². The quantitative estimate of drug-likeness (QED) is 0.565. The Morgan fingerprint density at radius 3 is 3.09 bits per heavy atom. The van der Waals surface area contributed by atoms with E-state index in [1.165, 1.54) is 0 Å². The molecule has 0 radical (unpaired) electrons. The second-order valence-electron chi connectivity index (χ2n) is 2.60. The van der Waals surface area contributed by atoms with Crippen molar-refractivity contribution in [3.8, 4) is 0 Å². The molecule has 0 saturated carbocycles. The third kappa shape index (κ3) is 2.07. The molecule has 2 heteroatoms. The van der Waals surface area contributed by atoms with Gasteiger partial charge in [-0.3, -0.25) is 4.99 Å². The maximum atomic E-state index is 5.45. The monoisotopic (exact) mass is 153 g/mol. The van der Waals surface area contributed by atoms with E-state index >= 15 is 0 Å². The van der Waals surface area contributed by atoms with Gasteiger partial charge in [0.2, 0.25) is 0 Å². The van der Waals surface area contributed by atoms with Gasteiger partial charge < -0.3 is 4.74 Å². The lowest BCUT2D eigenvalue weighted by atomic mass is 10.1. The zero-order chi connectivity index (χ0) is 8.10. The summed E-state index contributed by atoms with van der Waals surface area (Å²) < 4.78 is 5.45. The largest absolute Gasteiger partial charge is 0.492 e. The van der Waals surface area contributed by atoms with Gasteiger partial charge in [-0.2, -0.15) is 0 Å².